The lowest BCUT2D eigenvalue weighted by atomic mass is 9.98. The number of benzene rings is 2. The Morgan fingerprint density at radius 2 is 1.89 bits per heavy atom. The van der Waals surface area contributed by atoms with Crippen LogP contribution in [0.4, 0.5) is 11.4 Å². The lowest BCUT2D eigenvalue weighted by Gasteiger charge is -2.42. The third kappa shape index (κ3) is 5.82. The molecule has 0 aliphatic carbocycles. The minimum atomic E-state index is -0.116. The van der Waals surface area contributed by atoms with Crippen LogP contribution in [-0.2, 0) is 11.3 Å². The summed E-state index contributed by atoms with van der Waals surface area (Å²) < 4.78 is 0. The molecule has 1 aromatic heterocycles. The van der Waals surface area contributed by atoms with Crippen molar-refractivity contribution in [2.45, 2.75) is 31.5 Å². The molecule has 1 unspecified atom stereocenters. The molecule has 2 aromatic carbocycles. The number of hydrogen-bond donors (Lipinski definition) is 3. The summed E-state index contributed by atoms with van der Waals surface area (Å²) in [6.45, 7) is 2.27. The predicted octanol–water partition coefficient (Wildman–Crippen LogP) is 3.61. The number of amidine groups is 1. The number of piperidine rings is 1. The highest BCUT2D eigenvalue weighted by atomic mass is 32.1. The van der Waals surface area contributed by atoms with Crippen molar-refractivity contribution in [3.63, 3.8) is 0 Å². The molecule has 0 bridgehead atoms. The minimum Gasteiger partial charge on any atom is -0.370 e. The standard InChI is InChI=1S/C26H33N7OS/c1-31(24-10-6-5-9-23(24)29-19-34)22-11-14-32(15-12-22)25(21-13-16-35-18-21)26(30-27)33(28)17-20-7-3-2-4-8-20/h2-10,13,16,18-19,22,25H,11-12,14-15,17,27-28H2,1H3,(H,29,34)/b30-26-. The fourth-order valence-electron chi connectivity index (χ4n) is 4.81. The quantitative estimate of drug-likeness (QED) is 0.139. The van der Waals surface area contributed by atoms with Crippen molar-refractivity contribution in [1.29, 1.82) is 0 Å². The third-order valence-electron chi connectivity index (χ3n) is 6.64. The summed E-state index contributed by atoms with van der Waals surface area (Å²) >= 11 is 1.66. The van der Waals surface area contributed by atoms with Gasteiger partial charge in [0, 0.05) is 26.2 Å². The second kappa shape index (κ2) is 11.8. The Kier molecular flexibility index (Phi) is 8.36. The van der Waals surface area contributed by atoms with E-state index in [1.54, 1.807) is 16.3 Å². The molecular weight excluding hydrogens is 458 g/mol. The molecule has 1 aliphatic rings. The molecule has 8 nitrogen and oxygen atoms in total. The van der Waals surface area contributed by atoms with Gasteiger partial charge >= 0.3 is 0 Å². The van der Waals surface area contributed by atoms with E-state index in [1.165, 1.54) is 0 Å². The maximum Gasteiger partial charge on any atom is 0.211 e. The number of para-hydroxylation sites is 2. The Morgan fingerprint density at radius 3 is 2.54 bits per heavy atom. The van der Waals surface area contributed by atoms with Crippen molar-refractivity contribution in [3.05, 3.63) is 82.6 Å². The van der Waals surface area contributed by atoms with E-state index in [-0.39, 0.29) is 6.04 Å². The van der Waals surface area contributed by atoms with Crippen molar-refractivity contribution in [3.8, 4) is 0 Å². The maximum atomic E-state index is 11.0. The fraction of sp³-hybridized carbons (Fsp3) is 0.308. The molecule has 0 radical (unpaired) electrons. The maximum absolute atomic E-state index is 11.0. The van der Waals surface area contributed by atoms with Gasteiger partial charge < -0.3 is 16.1 Å². The molecule has 1 aliphatic heterocycles. The first kappa shape index (κ1) is 24.7. The van der Waals surface area contributed by atoms with Crippen LogP contribution in [-0.4, -0.2) is 48.3 Å². The van der Waals surface area contributed by atoms with Gasteiger partial charge in [-0.25, -0.2) is 5.84 Å². The van der Waals surface area contributed by atoms with E-state index >= 15 is 0 Å². The lowest BCUT2D eigenvalue weighted by Crippen LogP contribution is -2.51. The molecule has 1 amide bonds. The van der Waals surface area contributed by atoms with Gasteiger partial charge in [-0.05, 0) is 52.9 Å². The van der Waals surface area contributed by atoms with Gasteiger partial charge in [-0.3, -0.25) is 14.7 Å². The summed E-state index contributed by atoms with van der Waals surface area (Å²) in [5, 5.41) is 12.9. The number of carbonyl (C=O) groups is 1. The molecule has 1 saturated heterocycles. The molecule has 9 heteroatoms. The van der Waals surface area contributed by atoms with Gasteiger partial charge in [0.05, 0.1) is 24.0 Å². The van der Waals surface area contributed by atoms with Crippen LogP contribution in [0.15, 0.2) is 76.5 Å². The van der Waals surface area contributed by atoms with Crippen LogP contribution in [0, 0.1) is 0 Å². The van der Waals surface area contributed by atoms with Gasteiger partial charge in [-0.1, -0.05) is 42.5 Å². The molecule has 5 N–H and O–H groups in total. The average molecular weight is 492 g/mol. The van der Waals surface area contributed by atoms with Crippen molar-refractivity contribution < 1.29 is 4.79 Å². The number of amides is 1. The Morgan fingerprint density at radius 1 is 1.17 bits per heavy atom. The molecule has 3 aromatic rings. The van der Waals surface area contributed by atoms with Gasteiger partial charge in [0.2, 0.25) is 6.41 Å². The first-order valence-corrected chi connectivity index (χ1v) is 12.7. The molecule has 35 heavy (non-hydrogen) atoms. The number of rotatable bonds is 9. The van der Waals surface area contributed by atoms with Crippen LogP contribution >= 0.6 is 11.3 Å². The Bertz CT molecular complexity index is 1100. The van der Waals surface area contributed by atoms with Gasteiger partial charge in [-0.2, -0.15) is 16.4 Å². The number of likely N-dealkylation sites (tertiary alicyclic amines) is 1. The van der Waals surface area contributed by atoms with Gasteiger partial charge in [0.15, 0.2) is 5.84 Å². The van der Waals surface area contributed by atoms with Crippen molar-refractivity contribution >= 4 is 35.0 Å². The monoisotopic (exact) mass is 491 g/mol. The molecular formula is C26H33N7OS. The summed E-state index contributed by atoms with van der Waals surface area (Å²) in [6.07, 6.45) is 2.66. The van der Waals surface area contributed by atoms with E-state index in [2.05, 4.69) is 44.1 Å². The van der Waals surface area contributed by atoms with Crippen molar-refractivity contribution in [2.24, 2.45) is 16.8 Å². The summed E-state index contributed by atoms with van der Waals surface area (Å²) in [6, 6.07) is 20.3. The second-order valence-electron chi connectivity index (χ2n) is 8.72. The molecule has 1 atom stereocenters. The van der Waals surface area contributed by atoms with Crippen LogP contribution < -0.4 is 21.9 Å². The van der Waals surface area contributed by atoms with Crippen LogP contribution in [0.3, 0.4) is 0 Å². The lowest BCUT2D eigenvalue weighted by molar-refractivity contribution is -0.105. The van der Waals surface area contributed by atoms with Crippen LogP contribution in [0.2, 0.25) is 0 Å². The predicted molar refractivity (Wildman–Crippen MR) is 144 cm³/mol. The van der Waals surface area contributed by atoms with Gasteiger partial charge in [0.25, 0.3) is 0 Å². The molecule has 4 rings (SSSR count). The number of carbonyl (C=O) groups excluding carboxylic acids is 1. The number of hydrazine groups is 1. The summed E-state index contributed by atoms with van der Waals surface area (Å²) in [5.41, 5.74) is 4.09. The summed E-state index contributed by atoms with van der Waals surface area (Å²) in [5.74, 6) is 13.1. The van der Waals surface area contributed by atoms with E-state index < -0.39 is 0 Å². The number of anilines is 2. The number of thiophene rings is 1. The molecule has 1 fully saturated rings. The number of hydrogen-bond acceptors (Lipinski definition) is 7. The molecule has 2 heterocycles. The highest BCUT2D eigenvalue weighted by Crippen LogP contribution is 2.33. The average Bonchev–Trinajstić information content (AvgIpc) is 3.42. The van der Waals surface area contributed by atoms with Crippen molar-refractivity contribution in [1.82, 2.24) is 9.91 Å². The van der Waals surface area contributed by atoms with E-state index in [4.69, 9.17) is 11.7 Å². The normalized spacial score (nSPS) is 16.0. The first-order chi connectivity index (χ1) is 17.1. The number of nitrogens with two attached hydrogens (primary N) is 2. The number of nitrogens with zero attached hydrogens (tertiary/aromatic N) is 4. The van der Waals surface area contributed by atoms with E-state index in [9.17, 15) is 4.79 Å². The number of nitrogens with one attached hydrogen (secondary N) is 1. The third-order valence-corrected chi connectivity index (χ3v) is 7.34. The smallest absolute Gasteiger partial charge is 0.211 e. The minimum absolute atomic E-state index is 0.116. The van der Waals surface area contributed by atoms with Crippen molar-refractivity contribution in [2.75, 3.05) is 30.4 Å². The van der Waals surface area contributed by atoms with Crippen LogP contribution in [0.1, 0.15) is 30.0 Å². The largest absolute Gasteiger partial charge is 0.370 e. The van der Waals surface area contributed by atoms with Crippen LogP contribution in [0.5, 0.6) is 0 Å². The molecule has 0 spiro atoms. The van der Waals surface area contributed by atoms with Gasteiger partial charge in [0.1, 0.15) is 0 Å². The topological polar surface area (TPSA) is 103 Å². The van der Waals surface area contributed by atoms with Gasteiger partial charge in [-0.15, -0.1) is 0 Å². The Labute approximate surface area is 210 Å². The zero-order valence-electron chi connectivity index (χ0n) is 20.0. The molecule has 184 valence electrons. The number of hydrazone groups is 1. The summed E-state index contributed by atoms with van der Waals surface area (Å²) in [4.78, 5) is 15.7. The Hall–Kier alpha value is -3.40. The fourth-order valence-corrected chi connectivity index (χ4v) is 5.49. The first-order valence-electron chi connectivity index (χ1n) is 11.7. The van der Waals surface area contributed by atoms with E-state index in [0.29, 0.717) is 18.4 Å². The summed E-state index contributed by atoms with van der Waals surface area (Å²) in [7, 11) is 2.09. The van der Waals surface area contributed by atoms with Crippen LogP contribution in [0.25, 0.3) is 0 Å². The Balaban J connectivity index is 1.49. The zero-order valence-corrected chi connectivity index (χ0v) is 20.8. The highest BCUT2D eigenvalue weighted by Gasteiger charge is 2.33. The zero-order chi connectivity index (χ0) is 24.6. The van der Waals surface area contributed by atoms with E-state index in [1.807, 2.05) is 54.6 Å². The second-order valence-corrected chi connectivity index (χ2v) is 9.50. The van der Waals surface area contributed by atoms with E-state index in [0.717, 1.165) is 54.8 Å². The SMILES string of the molecule is CN(c1ccccc1NC=O)C1CCN(C(/C(=N/N)N(N)Cc2ccccc2)c2ccsc2)CC1. The highest BCUT2D eigenvalue weighted by molar-refractivity contribution is 7.08. The molecule has 0 saturated carbocycles.